The van der Waals surface area contributed by atoms with Crippen LogP contribution in [0.25, 0.3) is 0 Å². The normalized spacial score (nSPS) is 19.1. The van der Waals surface area contributed by atoms with Crippen LogP contribution in [0, 0.1) is 0 Å². The fourth-order valence-corrected chi connectivity index (χ4v) is 118. The Morgan fingerprint density at radius 2 is 0.514 bits per heavy atom. The predicted molar refractivity (Wildman–Crippen MR) is 385 cm³/mol. The first-order chi connectivity index (χ1) is 35.7. The molecule has 10 atom stereocenters. The van der Waals surface area contributed by atoms with E-state index in [1.807, 2.05) is 83.1 Å². The number of thiol groups is 12. The monoisotopic (exact) mass is 1420 g/mol. The van der Waals surface area contributed by atoms with Crippen LogP contribution in [0.15, 0.2) is 24.3 Å². The van der Waals surface area contributed by atoms with Crippen LogP contribution in [0.3, 0.4) is 0 Å². The van der Waals surface area contributed by atoms with Crippen LogP contribution in [-0.2, 0) is 53.1 Å². The fourth-order valence-electron chi connectivity index (χ4n) is 8.11. The summed E-state index contributed by atoms with van der Waals surface area (Å²) in [6.45, 7) is 40.0. The second kappa shape index (κ2) is 43.8. The lowest BCUT2D eigenvalue weighted by molar-refractivity contribution is 0.0961. The van der Waals surface area contributed by atoms with E-state index in [0.29, 0.717) is 79.3 Å². The highest BCUT2D eigenvalue weighted by Crippen LogP contribution is 2.79. The summed E-state index contributed by atoms with van der Waals surface area (Å²) in [7, 11) is -13.2. The molecule has 12 nitrogen and oxygen atoms in total. The Balaban J connectivity index is 4.64. The van der Waals surface area contributed by atoms with Crippen LogP contribution in [0.1, 0.15) is 132 Å². The van der Waals surface area contributed by atoms with E-state index >= 15 is 0 Å². The lowest BCUT2D eigenvalue weighted by Gasteiger charge is -2.49. The molecule has 1 rings (SSSR count). The largest absolute Gasteiger partial charge is 0.571 e. The Kier molecular flexibility index (Phi) is 45.7. The molecule has 0 amide bonds. The van der Waals surface area contributed by atoms with Gasteiger partial charge in [-0.1, -0.05) is 52.0 Å². The van der Waals surface area contributed by atoms with Crippen molar-refractivity contribution in [1.29, 1.82) is 0 Å². The van der Waals surface area contributed by atoms with Crippen molar-refractivity contribution in [2.24, 2.45) is 0 Å². The Morgan fingerprint density at radius 1 is 0.324 bits per heavy atom. The molecule has 0 aliphatic heterocycles. The number of benzene rings is 1. The zero-order valence-corrected chi connectivity index (χ0v) is 65.1. The summed E-state index contributed by atoms with van der Waals surface area (Å²) in [6, 6.07) is 9.77. The van der Waals surface area contributed by atoms with Gasteiger partial charge in [0.1, 0.15) is 0 Å². The molecule has 0 heterocycles. The quantitative estimate of drug-likeness (QED) is 0.0173. The van der Waals surface area contributed by atoms with Crippen LogP contribution in [-0.4, -0.2) is 146 Å². The van der Waals surface area contributed by atoms with Gasteiger partial charge in [-0.25, -0.2) is 39.7 Å². The van der Waals surface area contributed by atoms with Gasteiger partial charge in [0.05, 0.1) is 0 Å². The Morgan fingerprint density at radius 3 is 0.662 bits per heavy atom. The summed E-state index contributed by atoms with van der Waals surface area (Å²) in [5.41, 5.74) is 2.63. The smallest absolute Gasteiger partial charge is 0.366 e. The van der Waals surface area contributed by atoms with E-state index in [-0.39, 0.29) is 10.5 Å². The molecule has 0 N–H and O–H groups in total. The van der Waals surface area contributed by atoms with E-state index in [4.69, 9.17) is 99.8 Å². The van der Waals surface area contributed by atoms with Crippen LogP contribution in [0.5, 0.6) is 0 Å². The molecule has 32 heteroatoms. The summed E-state index contributed by atoms with van der Waals surface area (Å²) in [6.07, 6.45) is 0. The summed E-state index contributed by atoms with van der Waals surface area (Å²) in [5.74, 6) is 5.78. The molecule has 0 aliphatic carbocycles. The van der Waals surface area contributed by atoms with Gasteiger partial charge in [-0.15, -0.1) is 80.3 Å². The fraction of sp³-hybridized carbons (Fsp3) is 0.857. The maximum atomic E-state index is 6.78. The van der Waals surface area contributed by atoms with E-state index in [2.05, 4.69) is 52.0 Å². The van der Waals surface area contributed by atoms with Gasteiger partial charge in [-0.05, 0) is 168 Å². The SMILES string of the molecule is CCO[Si](OCC)(OCC)[SH](SS)[SH](CC)CC(c1ccc(C(C[SH](CC)[SH](SS)[Si](OCC)(OCC)OCC)[SH](CC)[SH](SS)[Si](OCC)(OCC)OCC)cc1)[SH](CC)[SH](SS)[Si](OCC)(OCC)OCC. The summed E-state index contributed by atoms with van der Waals surface area (Å²) in [5, 5.41) is 0.329. The minimum absolute atomic E-state index is 0.165. The molecule has 74 heavy (non-hydrogen) atoms. The molecule has 0 spiro atoms. The molecule has 0 aromatic heterocycles. The minimum Gasteiger partial charge on any atom is -0.366 e. The van der Waals surface area contributed by atoms with E-state index in [1.54, 1.807) is 39.3 Å². The van der Waals surface area contributed by atoms with Crippen molar-refractivity contribution in [3.63, 3.8) is 0 Å². The predicted octanol–water partition coefficient (Wildman–Crippen LogP) is 15.7. The van der Waals surface area contributed by atoms with Crippen molar-refractivity contribution in [3.8, 4) is 0 Å². The van der Waals surface area contributed by atoms with Crippen LogP contribution in [0.2, 0.25) is 0 Å². The van der Waals surface area contributed by atoms with Crippen LogP contribution < -0.4 is 0 Å². The van der Waals surface area contributed by atoms with Crippen molar-refractivity contribution in [3.05, 3.63) is 35.4 Å². The van der Waals surface area contributed by atoms with E-state index in [9.17, 15) is 0 Å². The van der Waals surface area contributed by atoms with E-state index < -0.39 is 105 Å². The van der Waals surface area contributed by atoms with Crippen molar-refractivity contribution in [2.45, 2.75) is 121 Å². The van der Waals surface area contributed by atoms with Gasteiger partial charge in [0, 0.05) is 89.8 Å². The molecular weight excluding hydrogens is 1320 g/mol. The Labute approximate surface area is 508 Å². The van der Waals surface area contributed by atoms with Crippen molar-refractivity contribution < 1.29 is 53.1 Å². The molecule has 0 radical (unpaired) electrons. The standard InChI is InChI=1S/C42H102O12S16Si4/c1-17-43-71(44-18-2,45-19-3)67(59-55)63(29-13)37-41(65(31-15)69(61-57)73(49-23-7,50-24-8)51-25-9)39-33-35-40(36-34-39)42(66(32-16)70(62-58)74(52-26-10,53-27-11)54-28-12)38-64(30-14)68(60-56)72(46-20-4,47-21-5)48-22-6/h33-36,41-42,55-58,63-70H,17-32,37-38H2,1-16H3. The van der Waals surface area contributed by atoms with Crippen molar-refractivity contribution in [2.75, 3.05) is 114 Å². The van der Waals surface area contributed by atoms with Gasteiger partial charge in [-0.3, -0.25) is 0 Å². The number of hydrogen-bond donors (Lipinski definition) is 12. The third-order valence-electron chi connectivity index (χ3n) is 10.7. The zero-order chi connectivity index (χ0) is 55.8. The average molecular weight is 1420 g/mol. The topological polar surface area (TPSA) is 111 Å². The average Bonchev–Trinajstić information content (AvgIpc) is 3.38. The van der Waals surface area contributed by atoms with Crippen LogP contribution >= 0.6 is 159 Å². The van der Waals surface area contributed by atoms with Crippen molar-refractivity contribution in [1.82, 2.24) is 0 Å². The molecule has 0 saturated heterocycles. The summed E-state index contributed by atoms with van der Waals surface area (Å²) in [4.78, 5) is 0. The minimum atomic E-state index is -3.21. The summed E-state index contributed by atoms with van der Waals surface area (Å²) >= 11 is 20.4. The summed E-state index contributed by atoms with van der Waals surface area (Å²) < 4.78 is 80.9. The van der Waals surface area contributed by atoms with Gasteiger partial charge in [0.2, 0.25) is 0 Å². The maximum absolute atomic E-state index is 6.78. The third-order valence-corrected chi connectivity index (χ3v) is 111. The lowest BCUT2D eigenvalue weighted by Crippen LogP contribution is -2.46. The first kappa shape index (κ1) is 77.2. The lowest BCUT2D eigenvalue weighted by atomic mass is 10.1. The maximum Gasteiger partial charge on any atom is 0.571 e. The second-order valence-corrected chi connectivity index (χ2v) is 80.8. The van der Waals surface area contributed by atoms with Gasteiger partial charge >= 0.3 is 31.8 Å². The molecule has 0 fully saturated rings. The van der Waals surface area contributed by atoms with Crippen molar-refractivity contribution >= 4 is 191 Å². The molecule has 10 unspecified atom stereocenters. The number of hydrogen-bond acceptors (Lipinski definition) is 20. The molecule has 0 saturated carbocycles. The molecule has 0 bridgehead atoms. The van der Waals surface area contributed by atoms with E-state index in [1.165, 1.54) is 11.1 Å². The first-order valence-electron chi connectivity index (χ1n) is 26.0. The van der Waals surface area contributed by atoms with Crippen LogP contribution in [0.4, 0.5) is 0 Å². The highest BCUT2D eigenvalue weighted by Gasteiger charge is 2.56. The zero-order valence-electron chi connectivity index (χ0n) is 47.1. The molecular formula is C42H102O12S16Si4. The van der Waals surface area contributed by atoms with Gasteiger partial charge in [-0.2, -0.15) is 0 Å². The second-order valence-electron chi connectivity index (χ2n) is 14.9. The molecule has 0 aliphatic rings. The highest BCUT2D eigenvalue weighted by atomic mass is 33.8. The third kappa shape index (κ3) is 21.9. The van der Waals surface area contributed by atoms with Gasteiger partial charge in [0.25, 0.3) is 0 Å². The van der Waals surface area contributed by atoms with Gasteiger partial charge in [0.15, 0.2) is 0 Å². The van der Waals surface area contributed by atoms with E-state index in [0.717, 1.165) is 34.5 Å². The molecule has 1 aromatic carbocycles. The highest BCUT2D eigenvalue weighted by molar-refractivity contribution is 9.41. The molecule has 1 aromatic rings. The number of rotatable bonds is 48. The van der Waals surface area contributed by atoms with Gasteiger partial charge < -0.3 is 53.1 Å². The molecule has 454 valence electrons. The Hall–Kier alpha value is 5.21. The first-order valence-corrected chi connectivity index (χ1v) is 61.0. The Bertz CT molecular complexity index is 1390.